The van der Waals surface area contributed by atoms with Crippen molar-refractivity contribution in [3.8, 4) is 11.1 Å². The van der Waals surface area contributed by atoms with Gasteiger partial charge < -0.3 is 9.80 Å². The highest BCUT2D eigenvalue weighted by Gasteiger charge is 2.31. The predicted octanol–water partition coefficient (Wildman–Crippen LogP) is 3.48. The minimum atomic E-state index is -0.272. The van der Waals surface area contributed by atoms with Gasteiger partial charge in [0.1, 0.15) is 5.69 Å². The van der Waals surface area contributed by atoms with E-state index in [0.29, 0.717) is 31.7 Å². The predicted molar refractivity (Wildman–Crippen MR) is 125 cm³/mol. The van der Waals surface area contributed by atoms with E-state index in [-0.39, 0.29) is 17.7 Å². The average molecular weight is 431 g/mol. The molecule has 1 aliphatic heterocycles. The van der Waals surface area contributed by atoms with Crippen LogP contribution in [0.2, 0.25) is 0 Å². The lowest BCUT2D eigenvalue weighted by Gasteiger charge is -2.23. The Hall–Kier alpha value is -3.41. The van der Waals surface area contributed by atoms with Gasteiger partial charge in [-0.25, -0.2) is 0 Å². The molecule has 4 rings (SSSR count). The van der Waals surface area contributed by atoms with Crippen LogP contribution in [0, 0.1) is 19.8 Å². The molecule has 1 aromatic heterocycles. The van der Waals surface area contributed by atoms with Gasteiger partial charge in [-0.1, -0.05) is 53.6 Å². The number of aryl methyl sites for hydroxylation is 3. The maximum absolute atomic E-state index is 13.0. The lowest BCUT2D eigenvalue weighted by molar-refractivity contribution is -0.133. The number of hydrogen-bond acceptors (Lipinski definition) is 3. The van der Waals surface area contributed by atoms with Gasteiger partial charge in [-0.15, -0.1) is 0 Å². The van der Waals surface area contributed by atoms with E-state index in [1.54, 1.807) is 33.8 Å². The molecule has 32 heavy (non-hydrogen) atoms. The van der Waals surface area contributed by atoms with Crippen molar-refractivity contribution in [2.75, 3.05) is 26.7 Å². The second-order valence-electron chi connectivity index (χ2n) is 8.83. The Kier molecular flexibility index (Phi) is 6.12. The van der Waals surface area contributed by atoms with E-state index in [1.165, 1.54) is 16.7 Å². The first-order valence-corrected chi connectivity index (χ1v) is 11.0. The zero-order valence-electron chi connectivity index (χ0n) is 19.2. The second-order valence-corrected chi connectivity index (χ2v) is 8.83. The highest BCUT2D eigenvalue weighted by atomic mass is 16.2. The number of likely N-dealkylation sites (N-methyl/N-ethyl adjacent to an activating group) is 1. The van der Waals surface area contributed by atoms with Crippen LogP contribution in [0.3, 0.4) is 0 Å². The van der Waals surface area contributed by atoms with Crippen LogP contribution < -0.4 is 0 Å². The average Bonchev–Trinajstić information content (AvgIpc) is 3.14. The third kappa shape index (κ3) is 4.59. The van der Waals surface area contributed by atoms with E-state index in [0.717, 1.165) is 11.1 Å². The van der Waals surface area contributed by atoms with Gasteiger partial charge in [0.15, 0.2) is 0 Å². The molecule has 2 heterocycles. The quantitative estimate of drug-likeness (QED) is 0.637. The summed E-state index contributed by atoms with van der Waals surface area (Å²) < 4.78 is 1.58. The van der Waals surface area contributed by atoms with Crippen LogP contribution in [0.5, 0.6) is 0 Å². The van der Waals surface area contributed by atoms with Crippen molar-refractivity contribution in [1.82, 2.24) is 19.6 Å². The van der Waals surface area contributed by atoms with E-state index in [1.807, 2.05) is 7.05 Å². The minimum absolute atomic E-state index is 0.0803. The van der Waals surface area contributed by atoms with Crippen LogP contribution in [0.1, 0.15) is 27.2 Å². The van der Waals surface area contributed by atoms with Crippen LogP contribution in [0.4, 0.5) is 0 Å². The van der Waals surface area contributed by atoms with Crippen LogP contribution in [0.15, 0.2) is 54.7 Å². The number of aromatic nitrogens is 2. The number of carbonyl (C=O) groups excluding carboxylic acids is 2. The molecule has 2 aromatic carbocycles. The molecular formula is C26H30N4O2. The standard InChI is InChI=1S/C26H30N4O2/c1-18-13-19(2)15-22(14-18)21-7-5-20(6-8-21)16-23-17-30(12-11-28(3)25(23)31)26(32)24-9-10-27-29(24)4/h5-10,13-15,23H,11-12,16-17H2,1-4H3. The molecule has 0 aliphatic carbocycles. The first-order chi connectivity index (χ1) is 15.3. The Morgan fingerprint density at radius 1 is 0.969 bits per heavy atom. The Bertz CT molecular complexity index is 1110. The Balaban J connectivity index is 1.52. The van der Waals surface area contributed by atoms with Gasteiger partial charge in [0.05, 0.1) is 5.92 Å². The van der Waals surface area contributed by atoms with E-state index in [9.17, 15) is 9.59 Å². The topological polar surface area (TPSA) is 58.4 Å². The number of hydrogen-bond donors (Lipinski definition) is 0. The molecule has 1 atom stereocenters. The molecule has 1 unspecified atom stereocenters. The maximum Gasteiger partial charge on any atom is 0.272 e. The third-order valence-corrected chi connectivity index (χ3v) is 6.19. The smallest absolute Gasteiger partial charge is 0.272 e. The molecule has 0 N–H and O–H groups in total. The zero-order chi connectivity index (χ0) is 22.8. The highest BCUT2D eigenvalue weighted by Crippen LogP contribution is 2.24. The van der Waals surface area contributed by atoms with Crippen molar-refractivity contribution in [2.45, 2.75) is 20.3 Å². The summed E-state index contributed by atoms with van der Waals surface area (Å²) in [5.74, 6) is -0.265. The molecule has 0 spiro atoms. The van der Waals surface area contributed by atoms with Crippen molar-refractivity contribution in [3.05, 3.63) is 77.1 Å². The van der Waals surface area contributed by atoms with E-state index in [4.69, 9.17) is 0 Å². The summed E-state index contributed by atoms with van der Waals surface area (Å²) in [4.78, 5) is 29.6. The van der Waals surface area contributed by atoms with Gasteiger partial charge >= 0.3 is 0 Å². The normalized spacial score (nSPS) is 16.9. The van der Waals surface area contributed by atoms with E-state index >= 15 is 0 Å². The second kappa shape index (κ2) is 8.99. The summed E-state index contributed by atoms with van der Waals surface area (Å²) in [6.45, 7) is 5.68. The lowest BCUT2D eigenvalue weighted by atomic mass is 9.95. The fraction of sp³-hybridized carbons (Fsp3) is 0.346. The molecule has 6 nitrogen and oxygen atoms in total. The molecule has 3 aromatic rings. The summed E-state index contributed by atoms with van der Waals surface area (Å²) in [5.41, 5.74) is 6.49. The molecule has 166 valence electrons. The minimum Gasteiger partial charge on any atom is -0.344 e. The monoisotopic (exact) mass is 430 g/mol. The molecule has 6 heteroatoms. The van der Waals surface area contributed by atoms with E-state index in [2.05, 4.69) is 61.4 Å². The number of benzene rings is 2. The first-order valence-electron chi connectivity index (χ1n) is 11.0. The van der Waals surface area contributed by atoms with Crippen molar-refractivity contribution < 1.29 is 9.59 Å². The summed E-state index contributed by atoms with van der Waals surface area (Å²) in [7, 11) is 3.58. The molecule has 1 fully saturated rings. The van der Waals surface area contributed by atoms with Gasteiger partial charge in [0.25, 0.3) is 5.91 Å². The first kappa shape index (κ1) is 21.8. The largest absolute Gasteiger partial charge is 0.344 e. The Morgan fingerprint density at radius 3 is 2.28 bits per heavy atom. The Morgan fingerprint density at radius 2 is 1.66 bits per heavy atom. The SMILES string of the molecule is Cc1cc(C)cc(-c2ccc(CC3CN(C(=O)c4ccnn4C)CCN(C)C3=O)cc2)c1. The number of amides is 2. The highest BCUT2D eigenvalue weighted by molar-refractivity contribution is 5.93. The fourth-order valence-electron chi connectivity index (χ4n) is 4.47. The van der Waals surface area contributed by atoms with Crippen molar-refractivity contribution in [1.29, 1.82) is 0 Å². The van der Waals surface area contributed by atoms with Gasteiger partial charge in [-0.2, -0.15) is 5.10 Å². The summed E-state index contributed by atoms with van der Waals surface area (Å²) in [6.07, 6.45) is 2.22. The van der Waals surface area contributed by atoms with Gasteiger partial charge in [-0.05, 0) is 43.0 Å². The third-order valence-electron chi connectivity index (χ3n) is 6.19. The summed E-state index contributed by atoms with van der Waals surface area (Å²) >= 11 is 0. The molecule has 0 saturated carbocycles. The van der Waals surface area contributed by atoms with E-state index < -0.39 is 0 Å². The molecular weight excluding hydrogens is 400 g/mol. The number of carbonyl (C=O) groups is 2. The van der Waals surface area contributed by atoms with Gasteiger partial charge in [0.2, 0.25) is 5.91 Å². The molecule has 0 bridgehead atoms. The zero-order valence-corrected chi connectivity index (χ0v) is 19.2. The van der Waals surface area contributed by atoms with Crippen LogP contribution in [0.25, 0.3) is 11.1 Å². The Labute approximate surface area is 189 Å². The fourth-order valence-corrected chi connectivity index (χ4v) is 4.47. The number of nitrogens with zero attached hydrogens (tertiary/aromatic N) is 4. The van der Waals surface area contributed by atoms with Crippen molar-refractivity contribution in [2.24, 2.45) is 13.0 Å². The summed E-state index contributed by atoms with van der Waals surface area (Å²) in [6, 6.07) is 16.7. The molecule has 2 amide bonds. The van der Waals surface area contributed by atoms with Gasteiger partial charge in [-0.3, -0.25) is 14.3 Å². The van der Waals surface area contributed by atoms with Crippen LogP contribution in [-0.2, 0) is 18.3 Å². The molecule has 1 saturated heterocycles. The van der Waals surface area contributed by atoms with Gasteiger partial charge in [0, 0.05) is 39.9 Å². The molecule has 1 aliphatic rings. The van der Waals surface area contributed by atoms with Crippen LogP contribution >= 0.6 is 0 Å². The summed E-state index contributed by atoms with van der Waals surface area (Å²) in [5, 5.41) is 4.11. The maximum atomic E-state index is 13.0. The molecule has 0 radical (unpaired) electrons. The lowest BCUT2D eigenvalue weighted by Crippen LogP contribution is -2.38. The van der Waals surface area contributed by atoms with Crippen molar-refractivity contribution in [3.63, 3.8) is 0 Å². The van der Waals surface area contributed by atoms with Crippen LogP contribution in [-0.4, -0.2) is 58.1 Å². The number of rotatable bonds is 4. The van der Waals surface area contributed by atoms with Crippen molar-refractivity contribution >= 4 is 11.8 Å².